The average molecular weight is 1580 g/mol. The summed E-state index contributed by atoms with van der Waals surface area (Å²) < 4.78 is 32.5. The Hall–Kier alpha value is -7.48. The molecule has 0 atom stereocenters. The third-order valence-corrected chi connectivity index (χ3v) is 25.3. The lowest BCUT2D eigenvalue weighted by Crippen LogP contribution is -2.51. The largest absolute Gasteiger partial charge is 0.493 e. The minimum Gasteiger partial charge on any atom is -0.493 e. The van der Waals surface area contributed by atoms with Crippen molar-refractivity contribution >= 4 is 46.4 Å². The zero-order valence-corrected chi connectivity index (χ0v) is 75.1. The first-order chi connectivity index (χ1) is 56.8. The molecule has 0 saturated heterocycles. The maximum absolute atomic E-state index is 6.92. The number of hydrogen-bond donors (Lipinski definition) is 2. The minimum atomic E-state index is 0.660. The van der Waals surface area contributed by atoms with Gasteiger partial charge in [-0.25, -0.2) is 9.97 Å². The van der Waals surface area contributed by atoms with E-state index in [-0.39, 0.29) is 0 Å². The van der Waals surface area contributed by atoms with Crippen LogP contribution in [0.4, 0.5) is 0 Å². The molecular weight excluding hydrogens is 1430 g/mol. The van der Waals surface area contributed by atoms with Crippen LogP contribution in [0.15, 0.2) is 121 Å². The number of aromatic amines is 2. The minimum absolute atomic E-state index is 0.660. The van der Waals surface area contributed by atoms with Gasteiger partial charge in [0, 0.05) is 70.0 Å². The molecule has 12 nitrogen and oxygen atoms in total. The van der Waals surface area contributed by atoms with Gasteiger partial charge in [0.2, 0.25) is 0 Å². The molecule has 0 fully saturated rings. The third-order valence-electron chi connectivity index (χ3n) is 25.3. The zero-order valence-electron chi connectivity index (χ0n) is 75.1. The second kappa shape index (κ2) is 49.8. The van der Waals surface area contributed by atoms with E-state index in [0.717, 1.165) is 164 Å². The van der Waals surface area contributed by atoms with E-state index in [0.29, 0.717) is 26.4 Å². The fourth-order valence-electron chi connectivity index (χ4n) is 18.4. The molecule has 5 heterocycles. The molecule has 3 aromatic heterocycles. The molecule has 0 saturated carbocycles. The first-order valence-corrected chi connectivity index (χ1v) is 47.3. The number of unbranched alkanes of at least 4 members (excludes halogenated alkanes) is 12. The SMILES string of the molecule is CCCC[N+](CCCC)(CCCC)CCCOc1cccc(-c2c3nc(c(-c4cccc(OCCC[N+](CCCC)(CCCC)CCCC)c4)c4ccc([nH]4)c(-c4cccc(OCCC[N+](CCCC)(CCCC)CCCC)c4)c4nc(c(-c5cccc(OCCC[N+](CCCC)(CCCC)CCCC)c5)c5ccc2[nH]5)C=C4)C=C3)c1. The molecule has 0 unspecified atom stereocenters. The van der Waals surface area contributed by atoms with Gasteiger partial charge in [0.15, 0.2) is 0 Å². The summed E-state index contributed by atoms with van der Waals surface area (Å²) in [5, 5.41) is 0. The van der Waals surface area contributed by atoms with Crippen molar-refractivity contribution in [3.8, 4) is 67.5 Å². The molecule has 9 rings (SSSR count). The van der Waals surface area contributed by atoms with Gasteiger partial charge < -0.3 is 46.8 Å². The van der Waals surface area contributed by atoms with Crippen LogP contribution in [-0.2, 0) is 0 Å². The standard InChI is InChI=1S/C104H158N8O4/c1-13-25-61-109(62-26-14-2,63-27-15-3)73-41-77-113-89-49-37-45-85(81-89)101-93-53-55-95(105-93)102(86-46-38-50-90(82-86)114-78-42-74-110(64-28-16-4,65-29-17-5)66-30-18-6)97-57-59-99(107-97)104(88-48-40-52-92(84-88)116-80-44-76-112(70-34-22-10,71-35-23-11)72-36-24-12)100-60-58-98(108-100)103(96-56-54-94(101)106-96)87-47-39-51-91(83-87)115-79-43-75-111(67-31-19-7,68-32-20-8)69-33-21-9/h37-40,45-60,81-84,105,108H,13-36,41-44,61-80H2,1-12H3/q+4. The van der Waals surface area contributed by atoms with E-state index in [1.165, 1.54) is 251 Å². The van der Waals surface area contributed by atoms with Crippen LogP contribution >= 0.6 is 0 Å². The number of aromatic nitrogens is 4. The van der Waals surface area contributed by atoms with Crippen LogP contribution in [-0.4, -0.2) is 169 Å². The van der Waals surface area contributed by atoms with Gasteiger partial charge in [0.1, 0.15) is 23.0 Å². The number of H-pyrrole nitrogens is 2. The van der Waals surface area contributed by atoms with Crippen LogP contribution < -0.4 is 18.9 Å². The van der Waals surface area contributed by atoms with Crippen molar-refractivity contribution in [1.29, 1.82) is 0 Å². The number of benzene rings is 4. The topological polar surface area (TPSA) is 94.3 Å². The van der Waals surface area contributed by atoms with Gasteiger partial charge in [-0.05, 0) is 196 Å². The van der Waals surface area contributed by atoms with Crippen molar-refractivity contribution in [2.24, 2.45) is 0 Å². The molecule has 116 heavy (non-hydrogen) atoms. The molecule has 4 aromatic carbocycles. The molecule has 0 amide bonds. The lowest BCUT2D eigenvalue weighted by molar-refractivity contribution is -0.929. The lowest BCUT2D eigenvalue weighted by atomic mass is 10.0. The summed E-state index contributed by atoms with van der Waals surface area (Å²) in [4.78, 5) is 19.9. The van der Waals surface area contributed by atoms with E-state index in [4.69, 9.17) is 28.9 Å². The predicted octanol–water partition coefficient (Wildman–Crippen LogP) is 27.3. The number of nitrogens with one attached hydrogen (secondary N) is 2. The lowest BCUT2D eigenvalue weighted by Gasteiger charge is -2.39. The summed E-state index contributed by atoms with van der Waals surface area (Å²) in [5.74, 6) is 3.46. The summed E-state index contributed by atoms with van der Waals surface area (Å²) in [6.45, 7) is 50.3. The average Bonchev–Trinajstić information content (AvgIpc) is 1.61. The molecule has 2 aliphatic heterocycles. The number of quaternary nitrogens is 4. The predicted molar refractivity (Wildman–Crippen MR) is 499 cm³/mol. The Morgan fingerprint density at radius 1 is 0.224 bits per heavy atom. The molecule has 634 valence electrons. The second-order valence-corrected chi connectivity index (χ2v) is 34.6. The molecule has 0 radical (unpaired) electrons. The van der Waals surface area contributed by atoms with E-state index < -0.39 is 0 Å². The number of nitrogens with zero attached hydrogens (tertiary/aromatic N) is 6. The van der Waals surface area contributed by atoms with Crippen molar-refractivity contribution in [1.82, 2.24) is 19.9 Å². The molecule has 8 bridgehead atoms. The molecule has 2 aliphatic rings. The molecule has 0 aliphatic carbocycles. The van der Waals surface area contributed by atoms with Gasteiger partial charge in [-0.15, -0.1) is 0 Å². The summed E-state index contributed by atoms with van der Waals surface area (Å²) in [6, 6.07) is 44.1. The normalized spacial score (nSPS) is 12.5. The van der Waals surface area contributed by atoms with Gasteiger partial charge in [-0.2, -0.15) is 0 Å². The van der Waals surface area contributed by atoms with Crippen molar-refractivity contribution in [2.75, 3.05) is 131 Å². The highest BCUT2D eigenvalue weighted by Gasteiger charge is 2.31. The molecule has 0 spiro atoms. The number of fused-ring (bicyclic) bond motifs is 8. The monoisotopic (exact) mass is 1580 g/mol. The van der Waals surface area contributed by atoms with Gasteiger partial charge in [0.25, 0.3) is 0 Å². The molecule has 2 N–H and O–H groups in total. The Morgan fingerprint density at radius 3 is 0.569 bits per heavy atom. The first kappa shape index (κ1) is 92.4. The Bertz CT molecular complexity index is 3630. The van der Waals surface area contributed by atoms with Gasteiger partial charge >= 0.3 is 0 Å². The Morgan fingerprint density at radius 2 is 0.397 bits per heavy atom. The van der Waals surface area contributed by atoms with Gasteiger partial charge in [0.05, 0.1) is 154 Å². The highest BCUT2D eigenvalue weighted by molar-refractivity contribution is 6.00. The Balaban J connectivity index is 1.22. The summed E-state index contributed by atoms with van der Waals surface area (Å²) in [6.07, 6.45) is 42.8. The van der Waals surface area contributed by atoms with E-state index in [9.17, 15) is 0 Å². The Labute approximate surface area is 704 Å². The highest BCUT2D eigenvalue weighted by Crippen LogP contribution is 2.41. The number of ether oxygens (including phenoxy) is 4. The summed E-state index contributed by atoms with van der Waals surface area (Å²) >= 11 is 0. The highest BCUT2D eigenvalue weighted by atomic mass is 16.5. The van der Waals surface area contributed by atoms with Crippen LogP contribution in [0.5, 0.6) is 23.0 Å². The second-order valence-electron chi connectivity index (χ2n) is 34.6. The molecule has 12 heteroatoms. The van der Waals surface area contributed by atoms with E-state index in [1.54, 1.807) is 0 Å². The van der Waals surface area contributed by atoms with Gasteiger partial charge in [-0.3, -0.25) is 0 Å². The molecule has 7 aromatic rings. The van der Waals surface area contributed by atoms with Crippen molar-refractivity contribution in [3.05, 3.63) is 144 Å². The fourth-order valence-corrected chi connectivity index (χ4v) is 18.4. The van der Waals surface area contributed by atoms with Gasteiger partial charge in [-0.1, -0.05) is 209 Å². The smallest absolute Gasteiger partial charge is 0.119 e. The van der Waals surface area contributed by atoms with Crippen LogP contribution in [0, 0.1) is 0 Å². The van der Waals surface area contributed by atoms with E-state index in [1.807, 2.05) is 0 Å². The summed E-state index contributed by atoms with van der Waals surface area (Å²) in [7, 11) is 0. The quantitative estimate of drug-likeness (QED) is 0.0291. The Kier molecular flexibility index (Phi) is 39.7. The van der Waals surface area contributed by atoms with E-state index in [2.05, 4.69) is 239 Å². The van der Waals surface area contributed by atoms with Crippen molar-refractivity contribution in [2.45, 2.75) is 263 Å². The maximum Gasteiger partial charge on any atom is 0.119 e. The molecular formula is C104H158N8O4+4. The third kappa shape index (κ3) is 27.3. The zero-order chi connectivity index (χ0) is 82.1. The van der Waals surface area contributed by atoms with Crippen LogP contribution in [0.25, 0.3) is 90.9 Å². The van der Waals surface area contributed by atoms with Crippen molar-refractivity contribution in [3.63, 3.8) is 0 Å². The fraction of sp³-hybridized carbons (Fsp3) is 0.577. The number of hydrogen-bond acceptors (Lipinski definition) is 6. The van der Waals surface area contributed by atoms with Crippen molar-refractivity contribution < 1.29 is 36.9 Å². The van der Waals surface area contributed by atoms with Crippen LogP contribution in [0.2, 0.25) is 0 Å². The first-order valence-electron chi connectivity index (χ1n) is 47.3. The summed E-state index contributed by atoms with van der Waals surface area (Å²) in [5.41, 5.74) is 15.3. The maximum atomic E-state index is 6.92. The van der Waals surface area contributed by atoms with E-state index >= 15 is 0 Å². The number of rotatable bonds is 60. The van der Waals surface area contributed by atoms with Crippen LogP contribution in [0.1, 0.15) is 286 Å². The van der Waals surface area contributed by atoms with Crippen LogP contribution in [0.3, 0.4) is 0 Å².